The number of pyridine rings is 1. The van der Waals surface area contributed by atoms with Crippen LogP contribution in [0.5, 0.6) is 0 Å². The molecule has 0 aliphatic rings. The SMILES string of the molecule is C[C@@H](CC(C(O)[C@@H](C)O)N(C)C)Cn1cc(-c2cccc(N)n2)nn1. The van der Waals surface area contributed by atoms with E-state index in [1.54, 1.807) is 17.7 Å². The van der Waals surface area contributed by atoms with Crippen molar-refractivity contribution >= 4 is 5.82 Å². The van der Waals surface area contributed by atoms with Gasteiger partial charge in [0.05, 0.1) is 24.1 Å². The zero-order valence-corrected chi connectivity index (χ0v) is 15.2. The quantitative estimate of drug-likeness (QED) is 0.641. The predicted molar refractivity (Wildman–Crippen MR) is 96.6 cm³/mol. The van der Waals surface area contributed by atoms with Gasteiger partial charge in [-0.25, -0.2) is 4.98 Å². The molecule has 0 aromatic carbocycles. The van der Waals surface area contributed by atoms with E-state index in [0.717, 1.165) is 6.42 Å². The van der Waals surface area contributed by atoms with E-state index in [-0.39, 0.29) is 12.0 Å². The molecule has 0 saturated heterocycles. The van der Waals surface area contributed by atoms with E-state index >= 15 is 0 Å². The van der Waals surface area contributed by atoms with Crippen molar-refractivity contribution in [1.29, 1.82) is 0 Å². The molecular formula is C17H28N6O2. The fourth-order valence-corrected chi connectivity index (χ4v) is 2.88. The first-order chi connectivity index (χ1) is 11.8. The second-order valence-corrected chi connectivity index (χ2v) is 6.88. The molecule has 0 bridgehead atoms. The van der Waals surface area contributed by atoms with Crippen LogP contribution >= 0.6 is 0 Å². The van der Waals surface area contributed by atoms with Crippen LogP contribution in [-0.4, -0.2) is 67.4 Å². The number of anilines is 1. The maximum Gasteiger partial charge on any atom is 0.131 e. The molecule has 0 spiro atoms. The summed E-state index contributed by atoms with van der Waals surface area (Å²) in [6.07, 6.45) is 1.01. The molecule has 2 rings (SSSR count). The van der Waals surface area contributed by atoms with Crippen LogP contribution in [0.25, 0.3) is 11.4 Å². The largest absolute Gasteiger partial charge is 0.391 e. The maximum absolute atomic E-state index is 10.2. The molecule has 4 N–H and O–H groups in total. The average Bonchev–Trinajstić information content (AvgIpc) is 3.00. The number of aromatic nitrogens is 4. The van der Waals surface area contributed by atoms with E-state index in [2.05, 4.69) is 22.2 Å². The highest BCUT2D eigenvalue weighted by Crippen LogP contribution is 2.19. The Morgan fingerprint density at radius 2 is 1.92 bits per heavy atom. The fraction of sp³-hybridized carbons (Fsp3) is 0.588. The normalized spacial score (nSPS) is 16.6. The van der Waals surface area contributed by atoms with E-state index in [1.165, 1.54) is 0 Å². The third-order valence-corrected chi connectivity index (χ3v) is 4.27. The van der Waals surface area contributed by atoms with Crippen LogP contribution in [0.1, 0.15) is 20.3 Å². The number of likely N-dealkylation sites (N-methyl/N-ethyl adjacent to an activating group) is 1. The van der Waals surface area contributed by atoms with Crippen LogP contribution in [0.4, 0.5) is 5.82 Å². The number of rotatable bonds is 8. The minimum absolute atomic E-state index is 0.131. The van der Waals surface area contributed by atoms with Crippen molar-refractivity contribution in [2.75, 3.05) is 19.8 Å². The first-order valence-electron chi connectivity index (χ1n) is 8.43. The van der Waals surface area contributed by atoms with E-state index in [4.69, 9.17) is 5.73 Å². The fourth-order valence-electron chi connectivity index (χ4n) is 2.88. The van der Waals surface area contributed by atoms with Gasteiger partial charge in [-0.3, -0.25) is 4.68 Å². The average molecular weight is 348 g/mol. The molecular weight excluding hydrogens is 320 g/mol. The minimum Gasteiger partial charge on any atom is -0.391 e. The molecule has 0 saturated carbocycles. The van der Waals surface area contributed by atoms with Crippen LogP contribution < -0.4 is 5.73 Å². The smallest absolute Gasteiger partial charge is 0.131 e. The lowest BCUT2D eigenvalue weighted by Gasteiger charge is -2.32. The summed E-state index contributed by atoms with van der Waals surface area (Å²) in [6.45, 7) is 4.35. The van der Waals surface area contributed by atoms with Crippen LogP contribution in [0.3, 0.4) is 0 Å². The molecule has 0 fully saturated rings. The van der Waals surface area contributed by atoms with Crippen molar-refractivity contribution < 1.29 is 10.2 Å². The molecule has 2 aromatic heterocycles. The Morgan fingerprint density at radius 1 is 1.20 bits per heavy atom. The zero-order chi connectivity index (χ0) is 18.6. The van der Waals surface area contributed by atoms with Crippen molar-refractivity contribution in [3.63, 3.8) is 0 Å². The van der Waals surface area contributed by atoms with Gasteiger partial charge in [-0.05, 0) is 45.5 Å². The highest BCUT2D eigenvalue weighted by Gasteiger charge is 2.27. The zero-order valence-electron chi connectivity index (χ0n) is 15.2. The lowest BCUT2D eigenvalue weighted by atomic mass is 9.94. The number of nitrogens with zero attached hydrogens (tertiary/aromatic N) is 5. The van der Waals surface area contributed by atoms with E-state index in [9.17, 15) is 10.2 Å². The number of nitrogen functional groups attached to an aromatic ring is 1. The number of aliphatic hydroxyl groups is 2. The Balaban J connectivity index is 2.02. The monoisotopic (exact) mass is 348 g/mol. The summed E-state index contributed by atoms with van der Waals surface area (Å²) >= 11 is 0. The van der Waals surface area contributed by atoms with Gasteiger partial charge in [0.2, 0.25) is 0 Å². The number of hydrogen-bond acceptors (Lipinski definition) is 7. The summed E-state index contributed by atoms with van der Waals surface area (Å²) in [6, 6.07) is 5.27. The first kappa shape index (κ1) is 19.3. The molecule has 8 nitrogen and oxygen atoms in total. The second kappa shape index (κ2) is 8.37. The van der Waals surface area contributed by atoms with Crippen molar-refractivity contribution in [1.82, 2.24) is 24.9 Å². The molecule has 4 atom stereocenters. The number of nitrogens with two attached hydrogens (primary N) is 1. The van der Waals surface area contributed by atoms with Gasteiger partial charge in [-0.15, -0.1) is 5.10 Å². The van der Waals surface area contributed by atoms with Gasteiger partial charge in [-0.2, -0.15) is 0 Å². The standard InChI is InChI=1S/C17H28N6O2/c1-11(8-15(22(3)4)17(25)12(2)24)9-23-10-14(20-21-23)13-6-5-7-16(18)19-13/h5-7,10-12,15,17,24-25H,8-9H2,1-4H3,(H2,18,19)/t11-,12+,15?,17?/m0/s1. The third kappa shape index (κ3) is 5.22. The Kier molecular flexibility index (Phi) is 6.46. The van der Waals surface area contributed by atoms with E-state index in [0.29, 0.717) is 23.8 Å². The van der Waals surface area contributed by atoms with Crippen LogP contribution in [0.2, 0.25) is 0 Å². The van der Waals surface area contributed by atoms with Gasteiger partial charge in [0.1, 0.15) is 11.5 Å². The molecule has 2 aromatic rings. The highest BCUT2D eigenvalue weighted by molar-refractivity contribution is 5.54. The summed E-state index contributed by atoms with van der Waals surface area (Å²) in [5, 5.41) is 28.2. The molecule has 0 aliphatic carbocycles. The van der Waals surface area contributed by atoms with Gasteiger partial charge in [-0.1, -0.05) is 18.2 Å². The minimum atomic E-state index is -0.791. The van der Waals surface area contributed by atoms with Gasteiger partial charge in [0.25, 0.3) is 0 Å². The van der Waals surface area contributed by atoms with E-state index in [1.807, 2.05) is 37.3 Å². The Labute approximate surface area is 148 Å². The molecule has 0 aliphatic heterocycles. The molecule has 0 radical (unpaired) electrons. The molecule has 2 heterocycles. The van der Waals surface area contributed by atoms with Crippen molar-refractivity contribution in [2.24, 2.45) is 5.92 Å². The van der Waals surface area contributed by atoms with Crippen molar-refractivity contribution in [3.05, 3.63) is 24.4 Å². The second-order valence-electron chi connectivity index (χ2n) is 6.88. The highest BCUT2D eigenvalue weighted by atomic mass is 16.3. The van der Waals surface area contributed by atoms with Crippen LogP contribution in [-0.2, 0) is 6.54 Å². The van der Waals surface area contributed by atoms with Gasteiger partial charge in [0.15, 0.2) is 0 Å². The Morgan fingerprint density at radius 3 is 2.52 bits per heavy atom. The maximum atomic E-state index is 10.2. The van der Waals surface area contributed by atoms with Crippen molar-refractivity contribution in [2.45, 2.75) is 45.1 Å². The van der Waals surface area contributed by atoms with Crippen LogP contribution in [0, 0.1) is 5.92 Å². The number of aliphatic hydroxyl groups excluding tert-OH is 2. The van der Waals surface area contributed by atoms with Crippen LogP contribution in [0.15, 0.2) is 24.4 Å². The summed E-state index contributed by atoms with van der Waals surface area (Å²) in [7, 11) is 3.81. The molecule has 0 amide bonds. The Bertz CT molecular complexity index is 673. The summed E-state index contributed by atoms with van der Waals surface area (Å²) in [5.74, 6) is 0.686. The summed E-state index contributed by atoms with van der Waals surface area (Å²) in [4.78, 5) is 6.19. The lowest BCUT2D eigenvalue weighted by Crippen LogP contribution is -2.45. The summed E-state index contributed by atoms with van der Waals surface area (Å²) < 4.78 is 1.77. The number of hydrogen-bond donors (Lipinski definition) is 3. The molecule has 2 unspecified atom stereocenters. The molecule has 25 heavy (non-hydrogen) atoms. The molecule has 8 heteroatoms. The molecule has 138 valence electrons. The van der Waals surface area contributed by atoms with Gasteiger partial charge >= 0.3 is 0 Å². The predicted octanol–water partition coefficient (Wildman–Crippen LogP) is 0.620. The lowest BCUT2D eigenvalue weighted by molar-refractivity contribution is -0.0257. The van der Waals surface area contributed by atoms with Crippen molar-refractivity contribution in [3.8, 4) is 11.4 Å². The Hall–Kier alpha value is -2.03. The van der Waals surface area contributed by atoms with E-state index < -0.39 is 12.2 Å². The van der Waals surface area contributed by atoms with Gasteiger partial charge < -0.3 is 20.8 Å². The topological polar surface area (TPSA) is 113 Å². The summed E-state index contributed by atoms with van der Waals surface area (Å²) in [5.41, 5.74) is 7.07. The third-order valence-electron chi connectivity index (χ3n) is 4.27. The van der Waals surface area contributed by atoms with Gasteiger partial charge in [0, 0.05) is 12.6 Å². The first-order valence-corrected chi connectivity index (χ1v) is 8.43.